The van der Waals surface area contributed by atoms with Crippen molar-refractivity contribution in [3.8, 4) is 0 Å². The second-order valence-corrected chi connectivity index (χ2v) is 7.65. The number of alkyl carbamates (subject to hydrolysis) is 1. The van der Waals surface area contributed by atoms with Gasteiger partial charge in [0.05, 0.1) is 5.54 Å². The van der Waals surface area contributed by atoms with Gasteiger partial charge in [0.25, 0.3) is 0 Å². The molecule has 0 radical (unpaired) electrons. The average molecular weight is 350 g/mol. The quantitative estimate of drug-likeness (QED) is 0.871. The van der Waals surface area contributed by atoms with Gasteiger partial charge >= 0.3 is 6.09 Å². The Morgan fingerprint density at radius 2 is 1.72 bits per heavy atom. The van der Waals surface area contributed by atoms with Gasteiger partial charge in [-0.3, -0.25) is 4.79 Å². The van der Waals surface area contributed by atoms with Gasteiger partial charge in [-0.15, -0.1) is 0 Å². The Bertz CT molecular complexity index is 617. The third kappa shape index (κ3) is 5.18. The van der Waals surface area contributed by atoms with Gasteiger partial charge in [0.1, 0.15) is 17.5 Å². The van der Waals surface area contributed by atoms with Crippen LogP contribution in [0.1, 0.15) is 58.9 Å². The molecule has 0 bridgehead atoms. The van der Waals surface area contributed by atoms with Crippen molar-refractivity contribution >= 4 is 12.0 Å². The lowest BCUT2D eigenvalue weighted by molar-refractivity contribution is -0.124. The van der Waals surface area contributed by atoms with Gasteiger partial charge in [-0.2, -0.15) is 0 Å². The summed E-state index contributed by atoms with van der Waals surface area (Å²) in [5, 5.41) is 5.62. The summed E-state index contributed by atoms with van der Waals surface area (Å²) in [6.45, 7) is 6.91. The standard InChI is InChI=1S/C19H27FN2O3/c1-13(21-17(24)25-18(2,3)4)16(23)22-19(11-5-6-12-19)14-7-9-15(20)10-8-14/h7-10,13H,5-6,11-12H2,1-4H3,(H,21,24)(H,22,23)/t13-/m1/s1. The molecule has 25 heavy (non-hydrogen) atoms. The lowest BCUT2D eigenvalue weighted by Gasteiger charge is -2.32. The molecule has 5 nitrogen and oxygen atoms in total. The molecule has 0 heterocycles. The van der Waals surface area contributed by atoms with Crippen LogP contribution in [0.5, 0.6) is 0 Å². The molecule has 2 amide bonds. The van der Waals surface area contributed by atoms with Crippen LogP contribution in [0.4, 0.5) is 9.18 Å². The Morgan fingerprint density at radius 1 is 1.16 bits per heavy atom. The smallest absolute Gasteiger partial charge is 0.408 e. The lowest BCUT2D eigenvalue weighted by atomic mass is 9.87. The van der Waals surface area contributed by atoms with Crippen molar-refractivity contribution in [1.29, 1.82) is 0 Å². The van der Waals surface area contributed by atoms with Crippen LogP contribution in [0.2, 0.25) is 0 Å². The first-order valence-electron chi connectivity index (χ1n) is 8.69. The van der Waals surface area contributed by atoms with Crippen LogP contribution >= 0.6 is 0 Å². The molecular weight excluding hydrogens is 323 g/mol. The SMILES string of the molecule is C[C@@H](NC(=O)OC(C)(C)C)C(=O)NC1(c2ccc(F)cc2)CCCC1. The van der Waals surface area contributed by atoms with Crippen LogP contribution in [0.15, 0.2) is 24.3 Å². The summed E-state index contributed by atoms with van der Waals surface area (Å²) in [6.07, 6.45) is 2.95. The highest BCUT2D eigenvalue weighted by molar-refractivity contribution is 5.86. The number of hydrogen-bond acceptors (Lipinski definition) is 3. The highest BCUT2D eigenvalue weighted by atomic mass is 19.1. The predicted octanol–water partition coefficient (Wildman–Crippen LogP) is 3.62. The molecule has 1 aromatic carbocycles. The Morgan fingerprint density at radius 3 is 2.24 bits per heavy atom. The molecule has 2 N–H and O–H groups in total. The molecule has 2 rings (SSSR count). The molecule has 138 valence electrons. The van der Waals surface area contributed by atoms with Crippen molar-refractivity contribution in [3.63, 3.8) is 0 Å². The molecule has 0 unspecified atom stereocenters. The fourth-order valence-electron chi connectivity index (χ4n) is 3.13. The summed E-state index contributed by atoms with van der Waals surface area (Å²) in [7, 11) is 0. The summed E-state index contributed by atoms with van der Waals surface area (Å²) in [4.78, 5) is 24.4. The molecule has 1 atom stereocenters. The van der Waals surface area contributed by atoms with Gasteiger partial charge in [0, 0.05) is 0 Å². The third-order valence-electron chi connectivity index (χ3n) is 4.34. The first-order valence-corrected chi connectivity index (χ1v) is 8.69. The summed E-state index contributed by atoms with van der Waals surface area (Å²) < 4.78 is 18.4. The van der Waals surface area contributed by atoms with E-state index in [0.717, 1.165) is 31.2 Å². The van der Waals surface area contributed by atoms with Crippen molar-refractivity contribution in [2.45, 2.75) is 70.6 Å². The second-order valence-electron chi connectivity index (χ2n) is 7.65. The fraction of sp³-hybridized carbons (Fsp3) is 0.579. The highest BCUT2D eigenvalue weighted by Gasteiger charge is 2.38. The maximum atomic E-state index is 13.2. The van der Waals surface area contributed by atoms with Gasteiger partial charge in [0.2, 0.25) is 5.91 Å². The van der Waals surface area contributed by atoms with Crippen molar-refractivity contribution in [1.82, 2.24) is 10.6 Å². The Kier molecular flexibility index (Phi) is 5.70. The normalized spacial score (nSPS) is 17.6. The molecule has 0 saturated heterocycles. The Balaban J connectivity index is 2.05. The minimum Gasteiger partial charge on any atom is -0.444 e. The Hall–Kier alpha value is -2.11. The zero-order chi connectivity index (χ0) is 18.7. The van der Waals surface area contributed by atoms with E-state index in [1.165, 1.54) is 12.1 Å². The number of amides is 2. The maximum Gasteiger partial charge on any atom is 0.408 e. The molecule has 0 spiro atoms. The van der Waals surface area contributed by atoms with Crippen LogP contribution in [0.25, 0.3) is 0 Å². The van der Waals surface area contributed by atoms with E-state index < -0.39 is 23.3 Å². The monoisotopic (exact) mass is 350 g/mol. The number of ether oxygens (including phenoxy) is 1. The van der Waals surface area contributed by atoms with Crippen molar-refractivity contribution in [3.05, 3.63) is 35.6 Å². The Labute approximate surface area is 148 Å². The van der Waals surface area contributed by atoms with E-state index in [9.17, 15) is 14.0 Å². The zero-order valence-electron chi connectivity index (χ0n) is 15.3. The maximum absolute atomic E-state index is 13.2. The molecule has 0 aliphatic heterocycles. The average Bonchev–Trinajstić information content (AvgIpc) is 2.95. The zero-order valence-corrected chi connectivity index (χ0v) is 15.3. The fourth-order valence-corrected chi connectivity index (χ4v) is 3.13. The largest absolute Gasteiger partial charge is 0.444 e. The summed E-state index contributed by atoms with van der Waals surface area (Å²) in [5.41, 5.74) is -0.236. The minimum absolute atomic E-state index is 0.280. The minimum atomic E-state index is -0.729. The lowest BCUT2D eigenvalue weighted by Crippen LogP contribution is -2.52. The number of benzene rings is 1. The van der Waals surface area contributed by atoms with Crippen LogP contribution in [-0.4, -0.2) is 23.6 Å². The molecular formula is C19H27FN2O3. The van der Waals surface area contributed by atoms with Crippen LogP contribution in [0.3, 0.4) is 0 Å². The van der Waals surface area contributed by atoms with E-state index in [4.69, 9.17) is 4.74 Å². The van der Waals surface area contributed by atoms with Gasteiger partial charge < -0.3 is 15.4 Å². The number of nitrogens with one attached hydrogen (secondary N) is 2. The number of carbonyl (C=O) groups is 2. The molecule has 0 aromatic heterocycles. The van der Waals surface area contributed by atoms with E-state index in [0.29, 0.717) is 0 Å². The highest BCUT2D eigenvalue weighted by Crippen LogP contribution is 2.38. The van der Waals surface area contributed by atoms with Gasteiger partial charge in [-0.1, -0.05) is 25.0 Å². The van der Waals surface area contributed by atoms with Gasteiger partial charge in [-0.05, 0) is 58.2 Å². The molecule has 1 fully saturated rings. The summed E-state index contributed by atoms with van der Waals surface area (Å²) >= 11 is 0. The molecule has 1 saturated carbocycles. The molecule has 1 aliphatic rings. The number of rotatable bonds is 4. The third-order valence-corrected chi connectivity index (χ3v) is 4.34. The second kappa shape index (κ2) is 7.42. The van der Waals surface area contributed by atoms with E-state index in [2.05, 4.69) is 10.6 Å². The summed E-state index contributed by atoms with van der Waals surface area (Å²) in [5.74, 6) is -0.583. The summed E-state index contributed by atoms with van der Waals surface area (Å²) in [6, 6.07) is 5.51. The van der Waals surface area contributed by atoms with Crippen LogP contribution in [-0.2, 0) is 15.1 Å². The van der Waals surface area contributed by atoms with Crippen molar-refractivity contribution in [2.24, 2.45) is 0 Å². The van der Waals surface area contributed by atoms with Gasteiger partial charge in [-0.25, -0.2) is 9.18 Å². The number of halogens is 1. The molecule has 6 heteroatoms. The van der Waals surface area contributed by atoms with E-state index >= 15 is 0 Å². The number of hydrogen-bond donors (Lipinski definition) is 2. The van der Waals surface area contributed by atoms with Gasteiger partial charge in [0.15, 0.2) is 0 Å². The predicted molar refractivity (Wildman–Crippen MR) is 93.5 cm³/mol. The number of carbonyl (C=O) groups excluding carboxylic acids is 2. The molecule has 1 aromatic rings. The molecule has 1 aliphatic carbocycles. The first-order chi connectivity index (χ1) is 11.6. The van der Waals surface area contributed by atoms with E-state index in [1.54, 1.807) is 39.8 Å². The van der Waals surface area contributed by atoms with Crippen molar-refractivity contribution in [2.75, 3.05) is 0 Å². The van der Waals surface area contributed by atoms with E-state index in [1.807, 2.05) is 0 Å². The topological polar surface area (TPSA) is 67.4 Å². The first kappa shape index (κ1) is 19.2. The van der Waals surface area contributed by atoms with Crippen LogP contribution < -0.4 is 10.6 Å². The van der Waals surface area contributed by atoms with Crippen LogP contribution in [0, 0.1) is 5.82 Å². The van der Waals surface area contributed by atoms with Crippen molar-refractivity contribution < 1.29 is 18.7 Å². The van der Waals surface area contributed by atoms with E-state index in [-0.39, 0.29) is 11.7 Å².